The Labute approximate surface area is 208 Å². The summed E-state index contributed by atoms with van der Waals surface area (Å²) in [4.78, 5) is 60.5. The molecule has 13 heteroatoms. The standard InChI is InChI=1S/C22H32N4O8S/c1-11(2)7-15(20(31)26-17(10-35)22(33)34)25-21(32)16(9-18(28)29)24-19(30)14(23)8-12-3-5-13(27)6-4-12/h3-6,11,14-17,27,35H,7-10,23H2,1-2H3,(H,24,30)(H,25,32)(H,26,31)(H,28,29)(H,33,34). The first-order valence-electron chi connectivity index (χ1n) is 10.8. The van der Waals surface area contributed by atoms with E-state index in [1.165, 1.54) is 12.1 Å². The summed E-state index contributed by atoms with van der Waals surface area (Å²) >= 11 is 3.89. The SMILES string of the molecule is CC(C)CC(NC(=O)C(CC(=O)O)NC(=O)C(N)Cc1ccc(O)cc1)C(=O)NC(CS)C(=O)O. The van der Waals surface area contributed by atoms with Gasteiger partial charge in [-0.1, -0.05) is 26.0 Å². The van der Waals surface area contributed by atoms with Crippen LogP contribution in [-0.4, -0.2) is 74.9 Å². The fraction of sp³-hybridized carbons (Fsp3) is 0.500. The second-order valence-electron chi connectivity index (χ2n) is 8.41. The van der Waals surface area contributed by atoms with E-state index in [1.54, 1.807) is 26.0 Å². The molecule has 4 unspecified atom stereocenters. The van der Waals surface area contributed by atoms with E-state index in [2.05, 4.69) is 28.6 Å². The van der Waals surface area contributed by atoms with Gasteiger partial charge in [-0.15, -0.1) is 0 Å². The van der Waals surface area contributed by atoms with Crippen molar-refractivity contribution in [3.05, 3.63) is 29.8 Å². The maximum Gasteiger partial charge on any atom is 0.327 e. The van der Waals surface area contributed by atoms with Crippen LogP contribution in [0, 0.1) is 5.92 Å². The number of nitrogens with two attached hydrogens (primary N) is 1. The van der Waals surface area contributed by atoms with Crippen LogP contribution in [0.1, 0.15) is 32.3 Å². The number of carbonyl (C=O) groups excluding carboxylic acids is 3. The monoisotopic (exact) mass is 512 g/mol. The summed E-state index contributed by atoms with van der Waals surface area (Å²) in [6, 6.07) is 0.848. The molecule has 1 aromatic rings. The first-order valence-corrected chi connectivity index (χ1v) is 11.5. The van der Waals surface area contributed by atoms with Crippen LogP contribution in [0.2, 0.25) is 0 Å². The fourth-order valence-corrected chi connectivity index (χ4v) is 3.32. The average molecular weight is 513 g/mol. The fourth-order valence-electron chi connectivity index (χ4n) is 3.07. The summed E-state index contributed by atoms with van der Waals surface area (Å²) in [6.45, 7) is 3.55. The summed E-state index contributed by atoms with van der Waals surface area (Å²) in [5, 5.41) is 34.7. The van der Waals surface area contributed by atoms with Gasteiger partial charge in [0.05, 0.1) is 12.5 Å². The third-order valence-electron chi connectivity index (χ3n) is 4.88. The molecule has 0 saturated carbocycles. The van der Waals surface area contributed by atoms with E-state index in [-0.39, 0.29) is 30.3 Å². The van der Waals surface area contributed by atoms with Crippen LogP contribution in [0.15, 0.2) is 24.3 Å². The van der Waals surface area contributed by atoms with Gasteiger partial charge in [-0.3, -0.25) is 19.2 Å². The van der Waals surface area contributed by atoms with Gasteiger partial charge in [0.15, 0.2) is 0 Å². The zero-order valence-corrected chi connectivity index (χ0v) is 20.3. The number of hydrogen-bond donors (Lipinski definition) is 8. The number of phenolic OH excluding ortho intramolecular Hbond substituents is 1. The molecule has 0 saturated heterocycles. The highest BCUT2D eigenvalue weighted by atomic mass is 32.1. The van der Waals surface area contributed by atoms with Gasteiger partial charge in [0, 0.05) is 5.75 Å². The molecule has 0 heterocycles. The predicted octanol–water partition coefficient (Wildman–Crippen LogP) is -0.748. The van der Waals surface area contributed by atoms with E-state index in [0.29, 0.717) is 5.56 Å². The van der Waals surface area contributed by atoms with Crippen LogP contribution in [0.25, 0.3) is 0 Å². The van der Waals surface area contributed by atoms with Gasteiger partial charge in [-0.05, 0) is 36.5 Å². The van der Waals surface area contributed by atoms with Crippen LogP contribution >= 0.6 is 12.6 Å². The molecule has 194 valence electrons. The molecule has 0 spiro atoms. The highest BCUT2D eigenvalue weighted by Crippen LogP contribution is 2.11. The van der Waals surface area contributed by atoms with Gasteiger partial charge in [-0.2, -0.15) is 12.6 Å². The van der Waals surface area contributed by atoms with Crippen LogP contribution in [-0.2, 0) is 30.4 Å². The minimum atomic E-state index is -1.53. The summed E-state index contributed by atoms with van der Waals surface area (Å²) in [6.07, 6.45) is -0.579. The molecule has 0 aliphatic rings. The number of nitrogens with one attached hydrogen (secondary N) is 3. The van der Waals surface area contributed by atoms with Crippen LogP contribution in [0.3, 0.4) is 0 Å². The Balaban J connectivity index is 2.94. The molecule has 0 fully saturated rings. The zero-order valence-electron chi connectivity index (χ0n) is 19.4. The quantitative estimate of drug-likeness (QED) is 0.147. The molecule has 3 amide bonds. The van der Waals surface area contributed by atoms with E-state index in [4.69, 9.17) is 10.8 Å². The number of phenols is 1. The van der Waals surface area contributed by atoms with Gasteiger partial charge in [0.25, 0.3) is 0 Å². The van der Waals surface area contributed by atoms with Gasteiger partial charge in [-0.25, -0.2) is 4.79 Å². The highest BCUT2D eigenvalue weighted by Gasteiger charge is 2.31. The summed E-state index contributed by atoms with van der Waals surface area (Å²) < 4.78 is 0. The second kappa shape index (κ2) is 14.2. The Bertz CT molecular complexity index is 909. The molecule has 0 bridgehead atoms. The Morgan fingerprint density at radius 2 is 1.40 bits per heavy atom. The van der Waals surface area contributed by atoms with Crippen molar-refractivity contribution in [2.24, 2.45) is 11.7 Å². The smallest absolute Gasteiger partial charge is 0.327 e. The molecular weight excluding hydrogens is 480 g/mol. The van der Waals surface area contributed by atoms with E-state index in [0.717, 1.165) is 0 Å². The van der Waals surface area contributed by atoms with E-state index >= 15 is 0 Å². The van der Waals surface area contributed by atoms with Crippen molar-refractivity contribution < 1.29 is 39.3 Å². The number of carboxylic acids is 2. The minimum absolute atomic E-state index is 0.0361. The third kappa shape index (κ3) is 10.6. The van der Waals surface area contributed by atoms with Crippen LogP contribution in [0.4, 0.5) is 0 Å². The van der Waals surface area contributed by atoms with Gasteiger partial charge in [0.1, 0.15) is 23.9 Å². The van der Waals surface area contributed by atoms with Crippen molar-refractivity contribution in [2.75, 3.05) is 5.75 Å². The number of carbonyl (C=O) groups is 5. The summed E-state index contributed by atoms with van der Waals surface area (Å²) in [5.74, 6) is -5.41. The normalized spacial score (nSPS) is 14.3. The topological polar surface area (TPSA) is 208 Å². The Kier molecular flexibility index (Phi) is 12.0. The number of aliphatic carboxylic acids is 2. The molecule has 35 heavy (non-hydrogen) atoms. The molecule has 8 N–H and O–H groups in total. The van der Waals surface area contributed by atoms with Gasteiger partial charge < -0.3 is 37.0 Å². The van der Waals surface area contributed by atoms with E-state index in [9.17, 15) is 34.2 Å². The lowest BCUT2D eigenvalue weighted by atomic mass is 10.0. The molecule has 0 radical (unpaired) electrons. The number of benzene rings is 1. The van der Waals surface area contributed by atoms with Crippen molar-refractivity contribution in [1.82, 2.24) is 16.0 Å². The first-order chi connectivity index (χ1) is 16.3. The zero-order chi connectivity index (χ0) is 26.7. The molecule has 12 nitrogen and oxygen atoms in total. The summed E-state index contributed by atoms with van der Waals surface area (Å²) in [5.41, 5.74) is 6.53. The van der Waals surface area contributed by atoms with Crippen molar-refractivity contribution in [2.45, 2.75) is 57.3 Å². The predicted molar refractivity (Wildman–Crippen MR) is 129 cm³/mol. The molecule has 0 aromatic heterocycles. The number of rotatable bonds is 14. The number of aromatic hydroxyl groups is 1. The molecule has 0 aliphatic carbocycles. The Morgan fingerprint density at radius 3 is 1.89 bits per heavy atom. The average Bonchev–Trinajstić information content (AvgIpc) is 2.76. The summed E-state index contributed by atoms with van der Waals surface area (Å²) in [7, 11) is 0. The number of hydrogen-bond acceptors (Lipinski definition) is 8. The van der Waals surface area contributed by atoms with Crippen LogP contribution < -0.4 is 21.7 Å². The maximum absolute atomic E-state index is 12.8. The van der Waals surface area contributed by atoms with Crippen molar-refractivity contribution in [3.63, 3.8) is 0 Å². The minimum Gasteiger partial charge on any atom is -0.508 e. The van der Waals surface area contributed by atoms with Crippen molar-refractivity contribution in [1.29, 1.82) is 0 Å². The largest absolute Gasteiger partial charge is 0.508 e. The molecular formula is C22H32N4O8S. The lowest BCUT2D eigenvalue weighted by Crippen LogP contribution is -2.58. The highest BCUT2D eigenvalue weighted by molar-refractivity contribution is 7.80. The maximum atomic E-state index is 12.8. The molecule has 4 atom stereocenters. The molecule has 1 aromatic carbocycles. The Hall–Kier alpha value is -3.32. The van der Waals surface area contributed by atoms with E-state index in [1.807, 2.05) is 0 Å². The van der Waals surface area contributed by atoms with Crippen LogP contribution in [0.5, 0.6) is 5.75 Å². The van der Waals surface area contributed by atoms with Crippen molar-refractivity contribution >= 4 is 42.3 Å². The lowest BCUT2D eigenvalue weighted by Gasteiger charge is -2.25. The molecule has 1 rings (SSSR count). The van der Waals surface area contributed by atoms with E-state index < -0.39 is 60.2 Å². The Morgan fingerprint density at radius 1 is 0.886 bits per heavy atom. The second-order valence-corrected chi connectivity index (χ2v) is 8.77. The molecule has 0 aliphatic heterocycles. The third-order valence-corrected chi connectivity index (χ3v) is 5.24. The van der Waals surface area contributed by atoms with Gasteiger partial charge >= 0.3 is 11.9 Å². The lowest BCUT2D eigenvalue weighted by molar-refractivity contribution is -0.143. The number of amides is 3. The van der Waals surface area contributed by atoms with Crippen molar-refractivity contribution in [3.8, 4) is 5.75 Å². The number of thiol groups is 1. The number of carboxylic acid groups (broad SMARTS) is 2. The van der Waals surface area contributed by atoms with Gasteiger partial charge in [0.2, 0.25) is 17.7 Å². The first kappa shape index (κ1) is 29.7.